The van der Waals surface area contributed by atoms with Crippen LogP contribution < -0.4 is 0 Å². The highest BCUT2D eigenvalue weighted by Gasteiger charge is 2.35. The summed E-state index contributed by atoms with van der Waals surface area (Å²) in [5, 5.41) is 0. The number of hydrogen-bond acceptors (Lipinski definition) is 5. The zero-order valence-corrected chi connectivity index (χ0v) is 14.7. The topological polar surface area (TPSA) is 48.9 Å². The van der Waals surface area contributed by atoms with Crippen LogP contribution in [0.3, 0.4) is 0 Å². The largest absolute Gasteiger partial charge is 0.375 e. The molecule has 24 heavy (non-hydrogen) atoms. The van der Waals surface area contributed by atoms with Gasteiger partial charge in [0.05, 0.1) is 12.7 Å². The van der Waals surface area contributed by atoms with Crippen LogP contribution in [0.2, 0.25) is 0 Å². The fraction of sp³-hybridized carbons (Fsp3) is 0.667. The number of amides is 1. The number of pyridine rings is 1. The highest BCUT2D eigenvalue weighted by molar-refractivity contribution is 5.92. The van der Waals surface area contributed by atoms with Crippen LogP contribution in [0.25, 0.3) is 0 Å². The van der Waals surface area contributed by atoms with Crippen LogP contribution in [0.5, 0.6) is 0 Å². The smallest absolute Gasteiger partial charge is 0.272 e. The van der Waals surface area contributed by atoms with Gasteiger partial charge in [-0.1, -0.05) is 6.07 Å². The minimum absolute atomic E-state index is 0.0198. The van der Waals surface area contributed by atoms with Gasteiger partial charge in [-0.05, 0) is 32.6 Å². The average Bonchev–Trinajstić information content (AvgIpc) is 2.81. The van der Waals surface area contributed by atoms with Crippen LogP contribution in [0.15, 0.2) is 24.4 Å². The highest BCUT2D eigenvalue weighted by atomic mass is 16.5. The van der Waals surface area contributed by atoms with E-state index in [1.54, 1.807) is 12.3 Å². The van der Waals surface area contributed by atoms with Gasteiger partial charge in [0, 0.05) is 51.4 Å². The molecule has 2 aliphatic heterocycles. The summed E-state index contributed by atoms with van der Waals surface area (Å²) in [7, 11) is 4.22. The molecule has 1 aromatic rings. The number of ether oxygens (including phenoxy) is 1. The molecule has 6 nitrogen and oxygen atoms in total. The molecule has 3 heterocycles. The lowest BCUT2D eigenvalue weighted by Gasteiger charge is -2.38. The summed E-state index contributed by atoms with van der Waals surface area (Å²) in [5.41, 5.74) is 0.525. The molecule has 1 amide bonds. The molecule has 6 heteroatoms. The molecular weight excluding hydrogens is 304 g/mol. The fourth-order valence-corrected chi connectivity index (χ4v) is 3.50. The number of piperidine rings is 1. The third-order valence-corrected chi connectivity index (χ3v) is 4.96. The zero-order chi connectivity index (χ0) is 16.9. The molecule has 1 aromatic heterocycles. The molecule has 3 rings (SSSR count). The summed E-state index contributed by atoms with van der Waals surface area (Å²) >= 11 is 0. The van der Waals surface area contributed by atoms with Crippen LogP contribution in [-0.2, 0) is 4.74 Å². The number of aromatic nitrogens is 1. The number of carbonyl (C=O) groups is 1. The van der Waals surface area contributed by atoms with Gasteiger partial charge in [-0.3, -0.25) is 14.7 Å². The van der Waals surface area contributed by atoms with Gasteiger partial charge in [0.2, 0.25) is 0 Å². The normalized spacial score (nSPS) is 25.4. The number of hydrogen-bond donors (Lipinski definition) is 0. The van der Waals surface area contributed by atoms with Crippen LogP contribution in [0, 0.1) is 5.92 Å². The van der Waals surface area contributed by atoms with Crippen molar-refractivity contribution >= 4 is 5.91 Å². The average molecular weight is 332 g/mol. The van der Waals surface area contributed by atoms with Crippen molar-refractivity contribution in [3.63, 3.8) is 0 Å². The molecule has 2 atom stereocenters. The predicted molar refractivity (Wildman–Crippen MR) is 93.0 cm³/mol. The quantitative estimate of drug-likeness (QED) is 0.816. The standard InChI is InChI=1S/C18H28N4O2/c1-20(2)9-10-21-11-12-24-17-14-22(8-6-15(17)13-21)18(23)16-5-3-4-7-19-16/h3-5,7,15,17H,6,8-14H2,1-2H3/t15-,17-/m0/s1. The van der Waals surface area contributed by atoms with Gasteiger partial charge >= 0.3 is 0 Å². The molecule has 0 aromatic carbocycles. The van der Waals surface area contributed by atoms with Crippen molar-refractivity contribution in [3.8, 4) is 0 Å². The molecule has 132 valence electrons. The van der Waals surface area contributed by atoms with Crippen LogP contribution in [0.1, 0.15) is 16.9 Å². The van der Waals surface area contributed by atoms with E-state index in [1.807, 2.05) is 17.0 Å². The Balaban J connectivity index is 1.57. The Hall–Kier alpha value is -1.50. The van der Waals surface area contributed by atoms with Crippen molar-refractivity contribution in [1.29, 1.82) is 0 Å². The van der Waals surface area contributed by atoms with E-state index in [0.717, 1.165) is 45.8 Å². The van der Waals surface area contributed by atoms with E-state index in [-0.39, 0.29) is 12.0 Å². The molecule has 2 saturated heterocycles. The maximum Gasteiger partial charge on any atom is 0.272 e. The molecule has 0 unspecified atom stereocenters. The van der Waals surface area contributed by atoms with Gasteiger partial charge < -0.3 is 14.5 Å². The van der Waals surface area contributed by atoms with Crippen molar-refractivity contribution in [1.82, 2.24) is 19.7 Å². The molecule has 0 N–H and O–H groups in total. The Labute approximate surface area is 144 Å². The number of carbonyl (C=O) groups excluding carboxylic acids is 1. The lowest BCUT2D eigenvalue weighted by atomic mass is 9.93. The summed E-state index contributed by atoms with van der Waals surface area (Å²) in [4.78, 5) is 23.4. The van der Waals surface area contributed by atoms with Gasteiger partial charge in [0.25, 0.3) is 5.91 Å². The molecule has 2 fully saturated rings. The lowest BCUT2D eigenvalue weighted by Crippen LogP contribution is -2.49. The monoisotopic (exact) mass is 332 g/mol. The van der Waals surface area contributed by atoms with E-state index in [2.05, 4.69) is 28.9 Å². The van der Waals surface area contributed by atoms with Crippen molar-refractivity contribution < 1.29 is 9.53 Å². The third-order valence-electron chi connectivity index (χ3n) is 4.96. The fourth-order valence-electron chi connectivity index (χ4n) is 3.50. The minimum atomic E-state index is 0.0198. The first-order valence-electron chi connectivity index (χ1n) is 8.82. The predicted octanol–water partition coefficient (Wildman–Crippen LogP) is 0.806. The molecule has 0 bridgehead atoms. The van der Waals surface area contributed by atoms with Crippen molar-refractivity contribution in [3.05, 3.63) is 30.1 Å². The Morgan fingerprint density at radius 1 is 1.33 bits per heavy atom. The number of likely N-dealkylation sites (N-methyl/N-ethyl adjacent to an activating group) is 1. The van der Waals surface area contributed by atoms with E-state index < -0.39 is 0 Å². The minimum Gasteiger partial charge on any atom is -0.375 e. The third kappa shape index (κ3) is 4.32. The molecule has 0 saturated carbocycles. The summed E-state index contributed by atoms with van der Waals surface area (Å²) in [6.45, 7) is 6.43. The number of rotatable bonds is 4. The van der Waals surface area contributed by atoms with Crippen molar-refractivity contribution in [2.24, 2.45) is 5.92 Å². The van der Waals surface area contributed by atoms with Crippen LogP contribution in [0.4, 0.5) is 0 Å². The van der Waals surface area contributed by atoms with E-state index >= 15 is 0 Å². The summed E-state index contributed by atoms with van der Waals surface area (Å²) in [6.07, 6.45) is 2.82. The lowest BCUT2D eigenvalue weighted by molar-refractivity contribution is -0.0172. The van der Waals surface area contributed by atoms with Gasteiger partial charge in [0.1, 0.15) is 5.69 Å². The molecule has 0 aliphatic carbocycles. The zero-order valence-electron chi connectivity index (χ0n) is 14.7. The first-order valence-corrected chi connectivity index (χ1v) is 8.82. The first kappa shape index (κ1) is 17.3. The molecular formula is C18H28N4O2. The molecule has 0 radical (unpaired) electrons. The van der Waals surface area contributed by atoms with Crippen molar-refractivity contribution in [2.45, 2.75) is 12.5 Å². The van der Waals surface area contributed by atoms with E-state index in [9.17, 15) is 4.79 Å². The van der Waals surface area contributed by atoms with Crippen molar-refractivity contribution in [2.75, 3.05) is 60.0 Å². The SMILES string of the molecule is CN(C)CCN1CCO[C@H]2CN(C(=O)c3ccccn3)CC[C@H]2C1. The second-order valence-corrected chi connectivity index (χ2v) is 7.03. The number of nitrogens with zero attached hydrogens (tertiary/aromatic N) is 4. The van der Waals surface area contributed by atoms with Gasteiger partial charge in [-0.15, -0.1) is 0 Å². The summed E-state index contributed by atoms with van der Waals surface area (Å²) in [6, 6.07) is 5.48. The van der Waals surface area contributed by atoms with E-state index in [4.69, 9.17) is 4.74 Å². The number of fused-ring (bicyclic) bond motifs is 1. The van der Waals surface area contributed by atoms with E-state index in [1.165, 1.54) is 0 Å². The van der Waals surface area contributed by atoms with Crippen LogP contribution >= 0.6 is 0 Å². The van der Waals surface area contributed by atoms with E-state index in [0.29, 0.717) is 18.2 Å². The Bertz CT molecular complexity index is 537. The number of likely N-dealkylation sites (tertiary alicyclic amines) is 1. The summed E-state index contributed by atoms with van der Waals surface area (Å²) < 4.78 is 6.09. The van der Waals surface area contributed by atoms with Gasteiger partial charge in [-0.25, -0.2) is 0 Å². The molecule has 2 aliphatic rings. The second-order valence-electron chi connectivity index (χ2n) is 7.03. The van der Waals surface area contributed by atoms with Gasteiger partial charge in [-0.2, -0.15) is 0 Å². The highest BCUT2D eigenvalue weighted by Crippen LogP contribution is 2.24. The maximum absolute atomic E-state index is 12.6. The van der Waals surface area contributed by atoms with Crippen LogP contribution in [-0.4, -0.2) is 91.7 Å². The first-order chi connectivity index (χ1) is 11.6. The molecule has 0 spiro atoms. The summed E-state index contributed by atoms with van der Waals surface area (Å²) in [5.74, 6) is 0.536. The Kier molecular flexibility index (Phi) is 5.81. The Morgan fingerprint density at radius 2 is 2.21 bits per heavy atom. The maximum atomic E-state index is 12.6. The van der Waals surface area contributed by atoms with Gasteiger partial charge in [0.15, 0.2) is 0 Å². The second kappa shape index (κ2) is 8.05. The Morgan fingerprint density at radius 3 is 2.96 bits per heavy atom.